The van der Waals surface area contributed by atoms with E-state index in [0.717, 1.165) is 12.3 Å². The second kappa shape index (κ2) is 5.37. The van der Waals surface area contributed by atoms with Crippen molar-refractivity contribution in [2.75, 3.05) is 20.6 Å². The van der Waals surface area contributed by atoms with Crippen LogP contribution in [0.3, 0.4) is 0 Å². The third kappa shape index (κ3) is 3.00. The molecule has 0 saturated carbocycles. The number of nitrogens with zero attached hydrogens (tertiary/aromatic N) is 3. The summed E-state index contributed by atoms with van der Waals surface area (Å²) in [6.07, 6.45) is -3.52. The van der Waals surface area contributed by atoms with Crippen molar-refractivity contribution >= 4 is 5.84 Å². The van der Waals surface area contributed by atoms with E-state index in [0.29, 0.717) is 23.6 Å². The lowest BCUT2D eigenvalue weighted by Gasteiger charge is -2.20. The average Bonchev–Trinajstić information content (AvgIpc) is 2.30. The van der Waals surface area contributed by atoms with Crippen LogP contribution in [0.25, 0.3) is 0 Å². The predicted molar refractivity (Wildman–Crippen MR) is 64.7 cm³/mol. The fourth-order valence-corrected chi connectivity index (χ4v) is 1.57. The summed E-state index contributed by atoms with van der Waals surface area (Å²) in [5.41, 5.74) is 0.207. The Morgan fingerprint density at radius 1 is 1.44 bits per heavy atom. The van der Waals surface area contributed by atoms with E-state index in [2.05, 4.69) is 9.98 Å². The van der Waals surface area contributed by atoms with Crippen LogP contribution in [-0.2, 0) is 6.18 Å². The smallest absolute Gasteiger partial charge is 0.358 e. The molecule has 0 aromatic carbocycles. The van der Waals surface area contributed by atoms with Gasteiger partial charge in [-0.2, -0.15) is 13.2 Å². The Morgan fingerprint density at radius 3 is 2.44 bits per heavy atom. The largest absolute Gasteiger partial charge is 0.417 e. The number of hydrogen-bond donors (Lipinski definition) is 0. The van der Waals surface area contributed by atoms with E-state index in [4.69, 9.17) is 0 Å². The normalized spacial score (nSPS) is 12.7. The molecule has 0 fully saturated rings. The molecule has 0 radical (unpaired) electrons. The molecule has 0 atom stereocenters. The SMILES string of the molecule is CCN(C)/C(=N\C)c1ncc(C(F)(F)F)cc1C. The predicted octanol–water partition coefficient (Wildman–Crippen LogP) is 2.74. The number of hydrogen-bond acceptors (Lipinski definition) is 2. The summed E-state index contributed by atoms with van der Waals surface area (Å²) in [5.74, 6) is 0.587. The second-order valence-corrected chi connectivity index (χ2v) is 3.95. The molecule has 18 heavy (non-hydrogen) atoms. The Hall–Kier alpha value is -1.59. The molecule has 6 heteroatoms. The molecule has 1 aromatic heterocycles. The highest BCUT2D eigenvalue weighted by Crippen LogP contribution is 2.29. The van der Waals surface area contributed by atoms with Gasteiger partial charge in [-0.25, -0.2) is 0 Å². The molecule has 0 bridgehead atoms. The van der Waals surface area contributed by atoms with Crippen LogP contribution in [0.5, 0.6) is 0 Å². The van der Waals surface area contributed by atoms with E-state index in [-0.39, 0.29) is 0 Å². The van der Waals surface area contributed by atoms with E-state index in [9.17, 15) is 13.2 Å². The summed E-state index contributed by atoms with van der Waals surface area (Å²) in [7, 11) is 3.42. The number of aromatic nitrogens is 1. The van der Waals surface area contributed by atoms with Gasteiger partial charge in [0.15, 0.2) is 0 Å². The van der Waals surface area contributed by atoms with Crippen molar-refractivity contribution in [2.45, 2.75) is 20.0 Å². The first-order chi connectivity index (χ1) is 8.31. The second-order valence-electron chi connectivity index (χ2n) is 3.95. The summed E-state index contributed by atoms with van der Waals surface area (Å²) in [6.45, 7) is 4.24. The molecule has 1 aromatic rings. The van der Waals surface area contributed by atoms with E-state index >= 15 is 0 Å². The molecule has 0 unspecified atom stereocenters. The van der Waals surface area contributed by atoms with Crippen LogP contribution in [0.2, 0.25) is 0 Å². The zero-order chi connectivity index (χ0) is 13.9. The molecule has 0 aliphatic heterocycles. The zero-order valence-electron chi connectivity index (χ0n) is 10.8. The van der Waals surface area contributed by atoms with Gasteiger partial charge in [0, 0.05) is 26.8 Å². The summed E-state index contributed by atoms with van der Waals surface area (Å²) in [4.78, 5) is 9.81. The van der Waals surface area contributed by atoms with Gasteiger partial charge >= 0.3 is 6.18 Å². The molecule has 1 rings (SSSR count). The Kier molecular flexibility index (Phi) is 4.32. The van der Waals surface area contributed by atoms with Crippen molar-refractivity contribution in [3.63, 3.8) is 0 Å². The number of aliphatic imine (C=N–C) groups is 1. The lowest BCUT2D eigenvalue weighted by atomic mass is 10.1. The quantitative estimate of drug-likeness (QED) is 0.603. The van der Waals surface area contributed by atoms with Gasteiger partial charge in [0.1, 0.15) is 11.5 Å². The van der Waals surface area contributed by atoms with Gasteiger partial charge in [0.05, 0.1) is 5.56 Å². The summed E-state index contributed by atoms with van der Waals surface area (Å²) >= 11 is 0. The average molecular weight is 259 g/mol. The molecular weight excluding hydrogens is 243 g/mol. The first kappa shape index (κ1) is 14.5. The Morgan fingerprint density at radius 2 is 2.06 bits per heavy atom. The molecule has 0 spiro atoms. The number of pyridine rings is 1. The number of aryl methyl sites for hydroxylation is 1. The number of halogens is 3. The van der Waals surface area contributed by atoms with Gasteiger partial charge in [-0.05, 0) is 25.5 Å². The zero-order valence-corrected chi connectivity index (χ0v) is 10.8. The topological polar surface area (TPSA) is 28.5 Å². The first-order valence-corrected chi connectivity index (χ1v) is 5.53. The van der Waals surface area contributed by atoms with Crippen molar-refractivity contribution in [1.82, 2.24) is 9.88 Å². The molecule has 1 heterocycles. The minimum Gasteiger partial charge on any atom is -0.358 e. The molecule has 0 N–H and O–H groups in total. The lowest BCUT2D eigenvalue weighted by Crippen LogP contribution is -2.29. The van der Waals surface area contributed by atoms with Gasteiger partial charge in [-0.3, -0.25) is 9.98 Å². The highest BCUT2D eigenvalue weighted by molar-refractivity contribution is 5.98. The van der Waals surface area contributed by atoms with Crippen LogP contribution in [0.4, 0.5) is 13.2 Å². The third-order valence-corrected chi connectivity index (χ3v) is 2.67. The maximum Gasteiger partial charge on any atom is 0.417 e. The van der Waals surface area contributed by atoms with Crippen LogP contribution in [0.15, 0.2) is 17.3 Å². The minimum atomic E-state index is -4.36. The van der Waals surface area contributed by atoms with E-state index in [1.165, 1.54) is 0 Å². The molecule has 0 amide bonds. The summed E-state index contributed by atoms with van der Waals surface area (Å²) in [6, 6.07) is 1.09. The van der Waals surface area contributed by atoms with Gasteiger partial charge in [0.25, 0.3) is 0 Å². The van der Waals surface area contributed by atoms with Crippen molar-refractivity contribution < 1.29 is 13.2 Å². The highest BCUT2D eigenvalue weighted by Gasteiger charge is 2.31. The third-order valence-electron chi connectivity index (χ3n) is 2.67. The Bertz CT molecular complexity index is 452. The van der Waals surface area contributed by atoms with E-state index in [1.807, 2.05) is 18.9 Å². The van der Waals surface area contributed by atoms with Gasteiger partial charge < -0.3 is 4.90 Å². The molecule has 0 aliphatic carbocycles. The standard InChI is InChI=1S/C12H16F3N3/c1-5-18(4)11(16-3)10-8(2)6-9(7-17-10)12(13,14)15/h6-7H,5H2,1-4H3/b16-11-. The number of amidine groups is 1. The van der Waals surface area contributed by atoms with Crippen molar-refractivity contribution in [3.8, 4) is 0 Å². The van der Waals surface area contributed by atoms with Crippen molar-refractivity contribution in [1.29, 1.82) is 0 Å². The molecule has 3 nitrogen and oxygen atoms in total. The van der Waals surface area contributed by atoms with Crippen LogP contribution in [0, 0.1) is 6.92 Å². The van der Waals surface area contributed by atoms with Crippen LogP contribution in [-0.4, -0.2) is 36.4 Å². The maximum absolute atomic E-state index is 12.5. The van der Waals surface area contributed by atoms with Crippen molar-refractivity contribution in [3.05, 3.63) is 29.1 Å². The number of alkyl halides is 3. The Labute approximate surface area is 104 Å². The van der Waals surface area contributed by atoms with Crippen molar-refractivity contribution in [2.24, 2.45) is 4.99 Å². The molecule has 0 aliphatic rings. The van der Waals surface area contributed by atoms with Crippen LogP contribution < -0.4 is 0 Å². The fourth-order valence-electron chi connectivity index (χ4n) is 1.57. The molecular formula is C12H16F3N3. The summed E-state index contributed by atoms with van der Waals surface area (Å²) < 4.78 is 37.6. The minimum absolute atomic E-state index is 0.464. The lowest BCUT2D eigenvalue weighted by molar-refractivity contribution is -0.137. The van der Waals surface area contributed by atoms with Crippen LogP contribution >= 0.6 is 0 Å². The van der Waals surface area contributed by atoms with Gasteiger partial charge in [-0.1, -0.05) is 0 Å². The van der Waals surface area contributed by atoms with E-state index < -0.39 is 11.7 Å². The van der Waals surface area contributed by atoms with E-state index in [1.54, 1.807) is 14.0 Å². The monoisotopic (exact) mass is 259 g/mol. The molecule has 100 valence electrons. The van der Waals surface area contributed by atoms with Crippen LogP contribution in [0.1, 0.15) is 23.7 Å². The summed E-state index contributed by atoms with van der Waals surface area (Å²) in [5, 5.41) is 0. The van der Waals surface area contributed by atoms with Gasteiger partial charge in [0.2, 0.25) is 0 Å². The Balaban J connectivity index is 3.21. The number of rotatable bonds is 2. The van der Waals surface area contributed by atoms with Gasteiger partial charge in [-0.15, -0.1) is 0 Å². The maximum atomic E-state index is 12.5. The fraction of sp³-hybridized carbons (Fsp3) is 0.500. The first-order valence-electron chi connectivity index (χ1n) is 5.53. The highest BCUT2D eigenvalue weighted by atomic mass is 19.4. The molecule has 0 saturated heterocycles.